The molecule has 1 aromatic carbocycles. The van der Waals surface area contributed by atoms with Gasteiger partial charge in [0.15, 0.2) is 0 Å². The first-order valence-electron chi connectivity index (χ1n) is 13.0. The van der Waals surface area contributed by atoms with Crippen molar-refractivity contribution in [2.75, 3.05) is 56.1 Å². The molecule has 2 heterocycles. The molecular formula is C28H42N6O2. The number of amides is 1. The number of hydrogen-bond acceptors (Lipinski definition) is 7. The predicted molar refractivity (Wildman–Crippen MR) is 150 cm³/mol. The second kappa shape index (κ2) is 12.6. The molecule has 0 bridgehead atoms. The molecule has 0 unspecified atom stereocenters. The van der Waals surface area contributed by atoms with E-state index in [0.717, 1.165) is 48.7 Å². The molecule has 1 aliphatic rings. The lowest BCUT2D eigenvalue weighted by atomic mass is 9.84. The number of carbonyl (C=O) groups excluding carboxylic acids is 1. The lowest BCUT2D eigenvalue weighted by Crippen LogP contribution is -2.61. The summed E-state index contributed by atoms with van der Waals surface area (Å²) in [6.45, 7) is 10.4. The number of likely N-dealkylation sites (tertiary alicyclic amines) is 1. The molecule has 0 spiro atoms. The van der Waals surface area contributed by atoms with Crippen LogP contribution in [0.15, 0.2) is 35.4 Å². The maximum absolute atomic E-state index is 13.9. The fourth-order valence-electron chi connectivity index (χ4n) is 4.68. The van der Waals surface area contributed by atoms with Gasteiger partial charge in [0.2, 0.25) is 0 Å². The number of ether oxygens (including phenoxy) is 1. The number of nitrogens with one attached hydrogen (secondary N) is 1. The number of hydrazone groups is 1. The Labute approximate surface area is 216 Å². The number of anilines is 3. The van der Waals surface area contributed by atoms with Gasteiger partial charge in [-0.3, -0.25) is 9.80 Å². The van der Waals surface area contributed by atoms with Crippen LogP contribution in [-0.2, 0) is 0 Å². The van der Waals surface area contributed by atoms with Crippen molar-refractivity contribution in [3.05, 3.63) is 41.6 Å². The van der Waals surface area contributed by atoms with Crippen LogP contribution in [-0.4, -0.2) is 68.9 Å². The Morgan fingerprint density at radius 1 is 1.25 bits per heavy atom. The van der Waals surface area contributed by atoms with E-state index in [4.69, 9.17) is 4.74 Å². The first kappa shape index (κ1) is 27.3. The van der Waals surface area contributed by atoms with Gasteiger partial charge in [-0.25, -0.2) is 4.98 Å². The number of methoxy groups -OCH3 is 1. The molecule has 8 heteroatoms. The number of nitrogens with zero attached hydrogens (tertiary/aromatic N) is 5. The summed E-state index contributed by atoms with van der Waals surface area (Å²) in [7, 11) is 5.61. The van der Waals surface area contributed by atoms with Gasteiger partial charge < -0.3 is 19.9 Å². The Morgan fingerprint density at radius 3 is 2.67 bits per heavy atom. The Kier molecular flexibility index (Phi) is 9.56. The third-order valence-corrected chi connectivity index (χ3v) is 6.62. The maximum atomic E-state index is 13.9. The van der Waals surface area contributed by atoms with Crippen molar-refractivity contribution in [1.82, 2.24) is 9.88 Å². The van der Waals surface area contributed by atoms with Crippen molar-refractivity contribution in [2.24, 2.45) is 11.0 Å². The molecule has 1 fully saturated rings. The van der Waals surface area contributed by atoms with E-state index in [1.54, 1.807) is 7.11 Å². The molecule has 1 N–H and O–H groups in total. The summed E-state index contributed by atoms with van der Waals surface area (Å²) in [5, 5.41) is 10.0. The van der Waals surface area contributed by atoms with Crippen molar-refractivity contribution >= 4 is 29.3 Å². The fraction of sp³-hybridized carbons (Fsp3) is 0.536. The van der Waals surface area contributed by atoms with Crippen LogP contribution in [0.1, 0.15) is 56.1 Å². The first-order chi connectivity index (χ1) is 17.3. The van der Waals surface area contributed by atoms with Crippen LogP contribution in [0.2, 0.25) is 0 Å². The second-order valence-electron chi connectivity index (χ2n) is 9.51. The van der Waals surface area contributed by atoms with Gasteiger partial charge in [-0.1, -0.05) is 20.3 Å². The smallest absolute Gasteiger partial charge is 0.256 e. The van der Waals surface area contributed by atoms with Crippen molar-refractivity contribution in [3.8, 4) is 5.75 Å². The molecule has 36 heavy (non-hydrogen) atoms. The quantitative estimate of drug-likeness (QED) is 0.329. The number of hydrogen-bond donors (Lipinski definition) is 1. The standard InChI is InChI=1S/C28H42N6O2/c1-8-11-21-19-33(26(21)18-29-22-15-20(4)31-27(16-22)32(5)6)28(35)24-17-23(36-7)12-13-25(24)34(10-3)30-14-9-2/h12-17,21,26H,8-11,18-19H2,1-7H3,(H,29,31)/b30-14-/t21-,26-/m1/s1. The molecule has 1 amide bonds. The third-order valence-electron chi connectivity index (χ3n) is 6.62. The van der Waals surface area contributed by atoms with Crippen molar-refractivity contribution in [1.29, 1.82) is 0 Å². The van der Waals surface area contributed by atoms with E-state index in [1.165, 1.54) is 0 Å². The molecule has 2 atom stereocenters. The zero-order valence-electron chi connectivity index (χ0n) is 22.9. The van der Waals surface area contributed by atoms with Crippen LogP contribution >= 0.6 is 0 Å². The number of carbonyl (C=O) groups is 1. The summed E-state index contributed by atoms with van der Waals surface area (Å²) in [5.41, 5.74) is 3.41. The summed E-state index contributed by atoms with van der Waals surface area (Å²) in [6.07, 6.45) is 4.90. The molecule has 8 nitrogen and oxygen atoms in total. The van der Waals surface area contributed by atoms with Crippen LogP contribution < -0.4 is 20.0 Å². The van der Waals surface area contributed by atoms with Gasteiger partial charge in [0.1, 0.15) is 11.6 Å². The summed E-state index contributed by atoms with van der Waals surface area (Å²) in [5.74, 6) is 2.07. The highest BCUT2D eigenvalue weighted by atomic mass is 16.5. The molecule has 196 valence electrons. The molecule has 0 saturated carbocycles. The molecule has 2 aromatic rings. The Morgan fingerprint density at radius 2 is 2.03 bits per heavy atom. The lowest BCUT2D eigenvalue weighted by molar-refractivity contribution is 0.0167. The largest absolute Gasteiger partial charge is 0.497 e. The minimum atomic E-state index is 0.0214. The zero-order chi connectivity index (χ0) is 26.2. The van der Waals surface area contributed by atoms with E-state index in [1.807, 2.05) is 67.2 Å². The van der Waals surface area contributed by atoms with E-state index in [2.05, 4.69) is 41.4 Å². The number of aromatic nitrogens is 1. The van der Waals surface area contributed by atoms with Crippen LogP contribution in [0.3, 0.4) is 0 Å². The lowest BCUT2D eigenvalue weighted by Gasteiger charge is -2.49. The highest BCUT2D eigenvalue weighted by Crippen LogP contribution is 2.34. The fourth-order valence-corrected chi connectivity index (χ4v) is 4.68. The molecule has 0 radical (unpaired) electrons. The number of pyridine rings is 1. The van der Waals surface area contributed by atoms with Gasteiger partial charge in [-0.15, -0.1) is 0 Å². The van der Waals surface area contributed by atoms with Gasteiger partial charge in [0.05, 0.1) is 24.4 Å². The maximum Gasteiger partial charge on any atom is 0.256 e. The minimum Gasteiger partial charge on any atom is -0.497 e. The molecule has 3 rings (SSSR count). The average molecular weight is 495 g/mol. The monoisotopic (exact) mass is 494 g/mol. The van der Waals surface area contributed by atoms with E-state index in [-0.39, 0.29) is 11.9 Å². The summed E-state index contributed by atoms with van der Waals surface area (Å²) >= 11 is 0. The number of rotatable bonds is 12. The number of aryl methyl sites for hydroxylation is 1. The Hall–Kier alpha value is -3.29. The van der Waals surface area contributed by atoms with E-state index < -0.39 is 0 Å². The SMILES string of the molecule is CC/C=N\N(CC)c1ccc(OC)cc1C(=O)N1C[C@@H](CCC)[C@H]1CNc1cc(C)nc(N(C)C)c1. The van der Waals surface area contributed by atoms with Crippen molar-refractivity contribution in [2.45, 2.75) is 53.0 Å². The van der Waals surface area contributed by atoms with Gasteiger partial charge >= 0.3 is 0 Å². The van der Waals surface area contributed by atoms with Crippen LogP contribution in [0.4, 0.5) is 17.2 Å². The Balaban J connectivity index is 1.87. The van der Waals surface area contributed by atoms with Crippen molar-refractivity contribution < 1.29 is 9.53 Å². The molecular weight excluding hydrogens is 452 g/mol. The Bertz CT molecular complexity index is 1050. The topological polar surface area (TPSA) is 73.3 Å². The summed E-state index contributed by atoms with van der Waals surface area (Å²) < 4.78 is 5.47. The molecule has 0 aliphatic carbocycles. The highest BCUT2D eigenvalue weighted by molar-refractivity contribution is 6.01. The van der Waals surface area contributed by atoms with E-state index in [9.17, 15) is 4.79 Å². The molecule has 1 aliphatic heterocycles. The average Bonchev–Trinajstić information content (AvgIpc) is 2.86. The van der Waals surface area contributed by atoms with Gasteiger partial charge in [-0.2, -0.15) is 5.10 Å². The third kappa shape index (κ3) is 6.28. The van der Waals surface area contributed by atoms with Crippen LogP contribution in [0.25, 0.3) is 0 Å². The molecule has 1 aromatic heterocycles. The summed E-state index contributed by atoms with van der Waals surface area (Å²) in [4.78, 5) is 22.5. The first-order valence-corrected chi connectivity index (χ1v) is 13.0. The van der Waals surface area contributed by atoms with E-state index >= 15 is 0 Å². The molecule has 1 saturated heterocycles. The number of benzene rings is 1. The van der Waals surface area contributed by atoms with E-state index in [0.29, 0.717) is 30.3 Å². The predicted octanol–water partition coefficient (Wildman–Crippen LogP) is 5.04. The van der Waals surface area contributed by atoms with Gasteiger partial charge in [-0.05, 0) is 56.9 Å². The van der Waals surface area contributed by atoms with Gasteiger partial charge in [0, 0.05) is 57.4 Å². The second-order valence-corrected chi connectivity index (χ2v) is 9.51. The normalized spacial score (nSPS) is 17.1. The highest BCUT2D eigenvalue weighted by Gasteiger charge is 2.42. The summed E-state index contributed by atoms with van der Waals surface area (Å²) in [6, 6.07) is 9.88. The zero-order valence-corrected chi connectivity index (χ0v) is 22.9. The minimum absolute atomic E-state index is 0.0214. The van der Waals surface area contributed by atoms with Gasteiger partial charge in [0.25, 0.3) is 5.91 Å². The van der Waals surface area contributed by atoms with Crippen molar-refractivity contribution in [3.63, 3.8) is 0 Å². The van der Waals surface area contributed by atoms with Crippen LogP contribution in [0, 0.1) is 12.8 Å². The van der Waals surface area contributed by atoms with Crippen LogP contribution in [0.5, 0.6) is 5.75 Å².